The molecule has 3 rings (SSSR count). The maximum Gasteiger partial charge on any atom is 0.329 e. The third kappa shape index (κ3) is 3.65. The predicted octanol–water partition coefficient (Wildman–Crippen LogP) is 4.03. The van der Waals surface area contributed by atoms with Crippen molar-refractivity contribution in [2.24, 2.45) is 0 Å². The first-order valence-corrected chi connectivity index (χ1v) is 8.82. The zero-order chi connectivity index (χ0) is 18.7. The van der Waals surface area contributed by atoms with E-state index in [-0.39, 0.29) is 29.6 Å². The first-order chi connectivity index (χ1) is 12.5. The molecule has 0 aliphatic heterocycles. The molecule has 1 N–H and O–H groups in total. The smallest absolute Gasteiger partial charge is 0.325 e. The van der Waals surface area contributed by atoms with E-state index in [1.54, 1.807) is 9.13 Å². The second kappa shape index (κ2) is 7.74. The van der Waals surface area contributed by atoms with Crippen molar-refractivity contribution >= 4 is 34.2 Å². The van der Waals surface area contributed by atoms with E-state index < -0.39 is 5.82 Å². The lowest BCUT2D eigenvalue weighted by molar-refractivity contribution is -0.116. The van der Waals surface area contributed by atoms with Gasteiger partial charge in [0.05, 0.1) is 21.7 Å². The van der Waals surface area contributed by atoms with Gasteiger partial charge in [-0.05, 0) is 36.8 Å². The second-order valence-corrected chi connectivity index (χ2v) is 6.40. The average Bonchev–Trinajstić information content (AvgIpc) is 2.88. The number of carbonyl (C=O) groups is 1. The standard InChI is InChI=1S/C19H19ClFN3O2/c1-2-10-23-16-5-3-4-6-17(16)24(19(23)26)11-9-18(25)22-15-8-7-13(21)12-14(15)20/h3-8,12H,2,9-11H2,1H3,(H,22,25). The minimum atomic E-state index is -0.469. The number of rotatable bonds is 6. The maximum atomic E-state index is 13.1. The number of aryl methyl sites for hydroxylation is 2. The van der Waals surface area contributed by atoms with Crippen molar-refractivity contribution in [3.05, 3.63) is 63.8 Å². The Bertz CT molecular complexity index is 1010. The number of hydrogen-bond donors (Lipinski definition) is 1. The second-order valence-electron chi connectivity index (χ2n) is 6.00. The van der Waals surface area contributed by atoms with Crippen molar-refractivity contribution in [2.45, 2.75) is 32.9 Å². The van der Waals surface area contributed by atoms with Crippen LogP contribution in [0, 0.1) is 5.82 Å². The van der Waals surface area contributed by atoms with Gasteiger partial charge in [0.2, 0.25) is 5.91 Å². The van der Waals surface area contributed by atoms with Crippen LogP contribution >= 0.6 is 11.6 Å². The Morgan fingerprint density at radius 1 is 1.12 bits per heavy atom. The molecule has 7 heteroatoms. The molecular weight excluding hydrogens is 357 g/mol. The van der Waals surface area contributed by atoms with Crippen LogP contribution in [0.3, 0.4) is 0 Å². The summed E-state index contributed by atoms with van der Waals surface area (Å²) in [5.41, 5.74) is 1.89. The van der Waals surface area contributed by atoms with Gasteiger partial charge in [0, 0.05) is 19.5 Å². The summed E-state index contributed by atoms with van der Waals surface area (Å²) in [4.78, 5) is 24.9. The number of nitrogens with one attached hydrogen (secondary N) is 1. The Morgan fingerprint density at radius 2 is 1.77 bits per heavy atom. The molecule has 0 aliphatic rings. The van der Waals surface area contributed by atoms with Crippen LogP contribution in [0.1, 0.15) is 19.8 Å². The number of hydrogen-bond acceptors (Lipinski definition) is 2. The lowest BCUT2D eigenvalue weighted by Gasteiger charge is -2.08. The summed E-state index contributed by atoms with van der Waals surface area (Å²) in [6.07, 6.45) is 0.950. The molecule has 0 aliphatic carbocycles. The van der Waals surface area contributed by atoms with Crippen LogP contribution in [0.5, 0.6) is 0 Å². The van der Waals surface area contributed by atoms with Gasteiger partial charge >= 0.3 is 5.69 Å². The molecule has 5 nitrogen and oxygen atoms in total. The van der Waals surface area contributed by atoms with Gasteiger partial charge < -0.3 is 5.32 Å². The minimum absolute atomic E-state index is 0.105. The SMILES string of the molecule is CCCn1c(=O)n(CCC(=O)Nc2ccc(F)cc2Cl)c2ccccc21. The number of nitrogens with zero attached hydrogens (tertiary/aromatic N) is 2. The molecule has 3 aromatic rings. The predicted molar refractivity (Wildman–Crippen MR) is 101 cm³/mol. The molecule has 2 aromatic carbocycles. The number of halogens is 2. The Morgan fingerprint density at radius 3 is 2.38 bits per heavy atom. The molecule has 1 heterocycles. The molecule has 0 spiro atoms. The molecule has 1 aromatic heterocycles. The average molecular weight is 376 g/mol. The summed E-state index contributed by atoms with van der Waals surface area (Å²) in [5.74, 6) is -0.763. The highest BCUT2D eigenvalue weighted by Crippen LogP contribution is 2.22. The molecule has 0 radical (unpaired) electrons. The van der Waals surface area contributed by atoms with E-state index in [9.17, 15) is 14.0 Å². The minimum Gasteiger partial charge on any atom is -0.325 e. The molecule has 0 atom stereocenters. The summed E-state index contributed by atoms with van der Waals surface area (Å²) < 4.78 is 16.4. The number of amides is 1. The lowest BCUT2D eigenvalue weighted by Crippen LogP contribution is -2.26. The van der Waals surface area contributed by atoms with Gasteiger partial charge in [0.25, 0.3) is 0 Å². The highest BCUT2D eigenvalue weighted by molar-refractivity contribution is 6.33. The Labute approximate surface area is 155 Å². The van der Waals surface area contributed by atoms with Gasteiger partial charge in [0.1, 0.15) is 5.82 Å². The summed E-state index contributed by atoms with van der Waals surface area (Å²) in [6, 6.07) is 11.3. The maximum absolute atomic E-state index is 13.1. The molecule has 0 saturated carbocycles. The van der Waals surface area contributed by atoms with Gasteiger partial charge in [0.15, 0.2) is 0 Å². The van der Waals surface area contributed by atoms with Crippen molar-refractivity contribution in [2.75, 3.05) is 5.32 Å². The van der Waals surface area contributed by atoms with Crippen LogP contribution in [-0.2, 0) is 17.9 Å². The Kier molecular flexibility index (Phi) is 5.42. The summed E-state index contributed by atoms with van der Waals surface area (Å²) >= 11 is 5.92. The highest BCUT2D eigenvalue weighted by Gasteiger charge is 2.14. The highest BCUT2D eigenvalue weighted by atomic mass is 35.5. The quantitative estimate of drug-likeness (QED) is 0.707. The third-order valence-corrected chi connectivity index (χ3v) is 4.45. The summed E-state index contributed by atoms with van der Waals surface area (Å²) in [7, 11) is 0. The van der Waals surface area contributed by atoms with Gasteiger partial charge in [-0.2, -0.15) is 0 Å². The van der Waals surface area contributed by atoms with Crippen LogP contribution in [0.25, 0.3) is 11.0 Å². The normalized spacial score (nSPS) is 11.0. The molecule has 0 saturated heterocycles. The van der Waals surface area contributed by atoms with Crippen LogP contribution in [0.4, 0.5) is 10.1 Å². The molecule has 0 bridgehead atoms. The van der Waals surface area contributed by atoms with Gasteiger partial charge in [-0.3, -0.25) is 13.9 Å². The van der Waals surface area contributed by atoms with E-state index in [0.29, 0.717) is 12.2 Å². The molecule has 0 unspecified atom stereocenters. The molecule has 26 heavy (non-hydrogen) atoms. The number of aromatic nitrogens is 2. The topological polar surface area (TPSA) is 56.0 Å². The Hall–Kier alpha value is -2.60. The number of carbonyl (C=O) groups excluding carboxylic acids is 1. The fourth-order valence-electron chi connectivity index (χ4n) is 2.95. The molecule has 1 amide bonds. The van der Waals surface area contributed by atoms with Crippen molar-refractivity contribution < 1.29 is 9.18 Å². The number of anilines is 1. The zero-order valence-electron chi connectivity index (χ0n) is 14.3. The molecule has 0 fully saturated rings. The van der Waals surface area contributed by atoms with E-state index in [1.165, 1.54) is 12.1 Å². The summed E-state index contributed by atoms with van der Waals surface area (Å²) in [5, 5.41) is 2.78. The van der Waals surface area contributed by atoms with Crippen molar-refractivity contribution in [1.82, 2.24) is 9.13 Å². The summed E-state index contributed by atoms with van der Waals surface area (Å²) in [6.45, 7) is 2.89. The van der Waals surface area contributed by atoms with Gasteiger partial charge in [-0.15, -0.1) is 0 Å². The van der Waals surface area contributed by atoms with E-state index in [0.717, 1.165) is 23.5 Å². The van der Waals surface area contributed by atoms with Crippen LogP contribution < -0.4 is 11.0 Å². The van der Waals surface area contributed by atoms with Gasteiger partial charge in [-0.1, -0.05) is 30.7 Å². The lowest BCUT2D eigenvalue weighted by atomic mass is 10.3. The number of para-hydroxylation sites is 2. The van der Waals surface area contributed by atoms with Crippen molar-refractivity contribution in [3.63, 3.8) is 0 Å². The molecule has 136 valence electrons. The first kappa shape index (κ1) is 18.2. The largest absolute Gasteiger partial charge is 0.329 e. The van der Waals surface area contributed by atoms with Gasteiger partial charge in [-0.25, -0.2) is 9.18 Å². The van der Waals surface area contributed by atoms with E-state index in [2.05, 4.69) is 5.32 Å². The van der Waals surface area contributed by atoms with E-state index in [1.807, 2.05) is 31.2 Å². The zero-order valence-corrected chi connectivity index (χ0v) is 15.1. The third-order valence-electron chi connectivity index (χ3n) is 4.14. The monoisotopic (exact) mass is 375 g/mol. The van der Waals surface area contributed by atoms with Crippen LogP contribution in [0.2, 0.25) is 5.02 Å². The number of benzene rings is 2. The number of fused-ring (bicyclic) bond motifs is 1. The van der Waals surface area contributed by atoms with Crippen molar-refractivity contribution in [3.8, 4) is 0 Å². The van der Waals surface area contributed by atoms with Crippen molar-refractivity contribution in [1.29, 1.82) is 0 Å². The van der Waals surface area contributed by atoms with Crippen LogP contribution in [-0.4, -0.2) is 15.0 Å². The van der Waals surface area contributed by atoms with Crippen LogP contribution in [0.15, 0.2) is 47.3 Å². The first-order valence-electron chi connectivity index (χ1n) is 8.44. The number of imidazole rings is 1. The van der Waals surface area contributed by atoms with E-state index in [4.69, 9.17) is 11.6 Å². The fraction of sp³-hybridized carbons (Fsp3) is 0.263. The fourth-order valence-corrected chi connectivity index (χ4v) is 3.16. The Balaban J connectivity index is 1.78. The molecular formula is C19H19ClFN3O2. The van der Waals surface area contributed by atoms with E-state index >= 15 is 0 Å².